The first kappa shape index (κ1) is 19.9. The summed E-state index contributed by atoms with van der Waals surface area (Å²) in [6.07, 6.45) is 4.87. The van der Waals surface area contributed by atoms with Gasteiger partial charge in [0.2, 0.25) is 5.91 Å². The van der Waals surface area contributed by atoms with Crippen molar-refractivity contribution in [2.45, 2.75) is 46.0 Å². The van der Waals surface area contributed by atoms with Crippen molar-refractivity contribution in [2.24, 2.45) is 0 Å². The van der Waals surface area contributed by atoms with Crippen molar-refractivity contribution in [3.8, 4) is 0 Å². The summed E-state index contributed by atoms with van der Waals surface area (Å²) >= 11 is 0. The average molecular weight is 313 g/mol. The van der Waals surface area contributed by atoms with E-state index in [1.54, 1.807) is 0 Å². The molecule has 0 unspecified atom stereocenters. The van der Waals surface area contributed by atoms with Crippen LogP contribution < -0.4 is 10.6 Å². The molecule has 0 saturated carbocycles. The first-order valence-corrected chi connectivity index (χ1v) is 7.75. The molecule has 0 saturated heterocycles. The van der Waals surface area contributed by atoms with Crippen molar-refractivity contribution in [2.75, 3.05) is 19.6 Å². The van der Waals surface area contributed by atoms with E-state index in [9.17, 15) is 4.79 Å². The number of benzene rings is 1. The lowest BCUT2D eigenvalue weighted by Gasteiger charge is -2.06. The molecule has 0 spiro atoms. The van der Waals surface area contributed by atoms with Crippen LogP contribution in [0.3, 0.4) is 0 Å². The fourth-order valence-corrected chi connectivity index (χ4v) is 2.05. The first-order valence-electron chi connectivity index (χ1n) is 7.75. The minimum Gasteiger partial charge on any atom is -0.355 e. The molecular formula is C17H29ClN2O. The van der Waals surface area contributed by atoms with Crippen LogP contribution in [0.15, 0.2) is 24.3 Å². The number of unbranched alkanes of at least 4 members (excludes halogenated alkanes) is 1. The van der Waals surface area contributed by atoms with Gasteiger partial charge in [-0.3, -0.25) is 4.79 Å². The molecule has 0 aliphatic rings. The standard InChI is InChI=1S/C17H28N2O.ClH/c1-3-12-18-13-14-19-17(20)7-5-4-6-16-10-8-15(2)9-11-16;/h8-11,18H,3-7,12-14H2,1-2H3,(H,19,20);1H. The van der Waals surface area contributed by atoms with Crippen LogP contribution in [0, 0.1) is 6.92 Å². The molecule has 1 aromatic rings. The molecule has 21 heavy (non-hydrogen) atoms. The normalized spacial score (nSPS) is 10.0. The van der Waals surface area contributed by atoms with Gasteiger partial charge in [-0.2, -0.15) is 0 Å². The highest BCUT2D eigenvalue weighted by molar-refractivity contribution is 5.85. The van der Waals surface area contributed by atoms with Gasteiger partial charge in [0.1, 0.15) is 0 Å². The molecule has 2 N–H and O–H groups in total. The fourth-order valence-electron chi connectivity index (χ4n) is 2.05. The highest BCUT2D eigenvalue weighted by Gasteiger charge is 2.00. The van der Waals surface area contributed by atoms with Crippen molar-refractivity contribution in [1.82, 2.24) is 10.6 Å². The molecule has 0 fully saturated rings. The SMILES string of the molecule is CCCNCCNC(=O)CCCCc1ccc(C)cc1.Cl. The third kappa shape index (κ3) is 10.3. The Morgan fingerprint density at radius 3 is 2.43 bits per heavy atom. The average Bonchev–Trinajstić information content (AvgIpc) is 2.45. The van der Waals surface area contributed by atoms with Gasteiger partial charge in [0.25, 0.3) is 0 Å². The van der Waals surface area contributed by atoms with Gasteiger partial charge in [0.15, 0.2) is 0 Å². The molecule has 0 aliphatic heterocycles. The molecule has 0 radical (unpaired) electrons. The van der Waals surface area contributed by atoms with Crippen LogP contribution in [0.1, 0.15) is 43.7 Å². The van der Waals surface area contributed by atoms with Crippen LogP contribution in [-0.4, -0.2) is 25.5 Å². The van der Waals surface area contributed by atoms with E-state index >= 15 is 0 Å². The number of carbonyl (C=O) groups excluding carboxylic acids is 1. The monoisotopic (exact) mass is 312 g/mol. The molecule has 1 rings (SSSR count). The van der Waals surface area contributed by atoms with Gasteiger partial charge in [-0.15, -0.1) is 12.4 Å². The first-order chi connectivity index (χ1) is 9.72. The third-order valence-corrected chi connectivity index (χ3v) is 3.29. The Bertz CT molecular complexity index is 379. The summed E-state index contributed by atoms with van der Waals surface area (Å²) in [6.45, 7) is 6.86. The second kappa shape index (κ2) is 12.7. The number of carbonyl (C=O) groups is 1. The number of hydrogen-bond acceptors (Lipinski definition) is 2. The largest absolute Gasteiger partial charge is 0.355 e. The number of aryl methyl sites for hydroxylation is 2. The van der Waals surface area contributed by atoms with Gasteiger partial charge < -0.3 is 10.6 Å². The fraction of sp³-hybridized carbons (Fsp3) is 0.588. The van der Waals surface area contributed by atoms with E-state index in [-0.39, 0.29) is 18.3 Å². The Kier molecular flexibility index (Phi) is 12.0. The molecule has 0 atom stereocenters. The highest BCUT2D eigenvalue weighted by atomic mass is 35.5. The van der Waals surface area contributed by atoms with E-state index in [0.29, 0.717) is 6.42 Å². The van der Waals surface area contributed by atoms with Gasteiger partial charge in [-0.1, -0.05) is 36.8 Å². The third-order valence-electron chi connectivity index (χ3n) is 3.29. The molecule has 0 bridgehead atoms. The maximum Gasteiger partial charge on any atom is 0.220 e. The lowest BCUT2D eigenvalue weighted by molar-refractivity contribution is -0.121. The van der Waals surface area contributed by atoms with Crippen molar-refractivity contribution < 1.29 is 4.79 Å². The summed E-state index contributed by atoms with van der Waals surface area (Å²) in [5.41, 5.74) is 2.66. The number of rotatable bonds is 10. The lowest BCUT2D eigenvalue weighted by Crippen LogP contribution is -2.31. The second-order valence-electron chi connectivity index (χ2n) is 5.29. The van der Waals surface area contributed by atoms with E-state index in [0.717, 1.165) is 45.3 Å². The van der Waals surface area contributed by atoms with Gasteiger partial charge in [-0.05, 0) is 44.7 Å². The van der Waals surface area contributed by atoms with Crippen LogP contribution in [-0.2, 0) is 11.2 Å². The van der Waals surface area contributed by atoms with Gasteiger partial charge in [0, 0.05) is 19.5 Å². The van der Waals surface area contributed by atoms with Crippen molar-refractivity contribution in [3.05, 3.63) is 35.4 Å². The molecule has 1 aromatic carbocycles. The molecule has 4 heteroatoms. The zero-order valence-electron chi connectivity index (χ0n) is 13.3. The molecule has 1 amide bonds. The lowest BCUT2D eigenvalue weighted by atomic mass is 10.1. The quantitative estimate of drug-likeness (QED) is 0.651. The van der Waals surface area contributed by atoms with Crippen molar-refractivity contribution in [3.63, 3.8) is 0 Å². The molecule has 0 heterocycles. The van der Waals surface area contributed by atoms with Crippen LogP contribution in [0.4, 0.5) is 0 Å². The van der Waals surface area contributed by atoms with Crippen LogP contribution >= 0.6 is 12.4 Å². The summed E-state index contributed by atoms with van der Waals surface area (Å²) in [7, 11) is 0. The summed E-state index contributed by atoms with van der Waals surface area (Å²) in [4.78, 5) is 11.6. The smallest absolute Gasteiger partial charge is 0.220 e. The van der Waals surface area contributed by atoms with E-state index < -0.39 is 0 Å². The highest BCUT2D eigenvalue weighted by Crippen LogP contribution is 2.08. The Morgan fingerprint density at radius 1 is 1.05 bits per heavy atom. The number of halogens is 1. The summed E-state index contributed by atoms with van der Waals surface area (Å²) in [5, 5.41) is 6.22. The van der Waals surface area contributed by atoms with Gasteiger partial charge in [-0.25, -0.2) is 0 Å². The maximum atomic E-state index is 11.6. The predicted octanol–water partition coefficient (Wildman–Crippen LogP) is 3.25. The zero-order valence-corrected chi connectivity index (χ0v) is 14.1. The van der Waals surface area contributed by atoms with E-state index in [2.05, 4.69) is 48.7 Å². The Labute approximate surface area is 135 Å². The minimum absolute atomic E-state index is 0. The summed E-state index contributed by atoms with van der Waals surface area (Å²) in [5.74, 6) is 0.173. The number of hydrogen-bond donors (Lipinski definition) is 2. The van der Waals surface area contributed by atoms with E-state index in [1.807, 2.05) is 0 Å². The molecule has 0 aromatic heterocycles. The predicted molar refractivity (Wildman–Crippen MR) is 92.2 cm³/mol. The minimum atomic E-state index is 0. The topological polar surface area (TPSA) is 41.1 Å². The summed E-state index contributed by atoms with van der Waals surface area (Å²) < 4.78 is 0. The molecule has 3 nitrogen and oxygen atoms in total. The van der Waals surface area contributed by atoms with E-state index in [4.69, 9.17) is 0 Å². The number of amides is 1. The number of nitrogens with one attached hydrogen (secondary N) is 2. The zero-order chi connectivity index (χ0) is 14.6. The Hall–Kier alpha value is -1.06. The summed E-state index contributed by atoms with van der Waals surface area (Å²) in [6, 6.07) is 8.64. The molecule has 120 valence electrons. The van der Waals surface area contributed by atoms with Crippen LogP contribution in [0.25, 0.3) is 0 Å². The van der Waals surface area contributed by atoms with Crippen molar-refractivity contribution >= 4 is 18.3 Å². The van der Waals surface area contributed by atoms with Crippen LogP contribution in [0.2, 0.25) is 0 Å². The second-order valence-corrected chi connectivity index (χ2v) is 5.29. The van der Waals surface area contributed by atoms with Gasteiger partial charge >= 0.3 is 0 Å². The van der Waals surface area contributed by atoms with E-state index in [1.165, 1.54) is 11.1 Å². The van der Waals surface area contributed by atoms with Gasteiger partial charge in [0.05, 0.1) is 0 Å². The van der Waals surface area contributed by atoms with Crippen LogP contribution in [0.5, 0.6) is 0 Å². The van der Waals surface area contributed by atoms with Crippen molar-refractivity contribution in [1.29, 1.82) is 0 Å². The molecular weight excluding hydrogens is 284 g/mol. The Morgan fingerprint density at radius 2 is 1.76 bits per heavy atom. The molecule has 0 aliphatic carbocycles. The maximum absolute atomic E-state index is 11.6. The Balaban J connectivity index is 0.00000400.